The monoisotopic (exact) mass is 277 g/mol. The number of carbonyl (C=O) groups is 1. The largest absolute Gasteiger partial charge is 0.379 e. The second-order valence-electron chi connectivity index (χ2n) is 4.84. The lowest BCUT2D eigenvalue weighted by Crippen LogP contribution is -2.34. The highest BCUT2D eigenvalue weighted by molar-refractivity contribution is 7.81. The molecule has 0 aliphatic rings. The first kappa shape index (κ1) is 17.7. The molecule has 0 spiro atoms. The number of amides is 1. The number of nitrogens with zero attached hydrogens (tertiary/aromatic N) is 1. The Bertz CT molecular complexity index is 222. The van der Waals surface area contributed by atoms with Crippen LogP contribution in [-0.2, 0) is 14.3 Å². The van der Waals surface area contributed by atoms with Crippen LogP contribution >= 0.6 is 12.6 Å². The van der Waals surface area contributed by atoms with Gasteiger partial charge in [0.05, 0.1) is 25.1 Å². The lowest BCUT2D eigenvalue weighted by Gasteiger charge is -2.18. The van der Waals surface area contributed by atoms with Gasteiger partial charge in [-0.2, -0.15) is 12.6 Å². The zero-order valence-electron chi connectivity index (χ0n) is 12.0. The van der Waals surface area contributed by atoms with E-state index in [4.69, 9.17) is 9.47 Å². The van der Waals surface area contributed by atoms with Crippen LogP contribution in [0.15, 0.2) is 0 Å². The Kier molecular flexibility index (Phi) is 10.5. The topological polar surface area (TPSA) is 38.8 Å². The summed E-state index contributed by atoms with van der Waals surface area (Å²) < 4.78 is 10.8. The Morgan fingerprint density at radius 1 is 1.11 bits per heavy atom. The third kappa shape index (κ3) is 9.74. The number of rotatable bonds is 10. The fourth-order valence-electron chi connectivity index (χ4n) is 1.27. The highest BCUT2D eigenvalue weighted by Gasteiger charge is 2.12. The number of hydrogen-bond acceptors (Lipinski definition) is 4. The average molecular weight is 277 g/mol. The predicted molar refractivity (Wildman–Crippen MR) is 77.2 cm³/mol. The zero-order valence-corrected chi connectivity index (χ0v) is 12.9. The van der Waals surface area contributed by atoms with Gasteiger partial charge in [-0.25, -0.2) is 0 Å². The summed E-state index contributed by atoms with van der Waals surface area (Å²) >= 11 is 4.10. The van der Waals surface area contributed by atoms with Crippen molar-refractivity contribution in [2.24, 2.45) is 5.92 Å². The summed E-state index contributed by atoms with van der Waals surface area (Å²) in [6.07, 6.45) is 1.08. The molecule has 5 heteroatoms. The molecule has 108 valence electrons. The number of thiol groups is 1. The van der Waals surface area contributed by atoms with E-state index in [-0.39, 0.29) is 11.2 Å². The molecular weight excluding hydrogens is 250 g/mol. The average Bonchev–Trinajstić information content (AvgIpc) is 2.30. The minimum absolute atomic E-state index is 0.0233. The smallest absolute Gasteiger partial charge is 0.234 e. The minimum atomic E-state index is -0.255. The Morgan fingerprint density at radius 3 is 2.17 bits per heavy atom. The Hall–Kier alpha value is -0.260. The molecule has 0 aromatic heterocycles. The van der Waals surface area contributed by atoms with Gasteiger partial charge < -0.3 is 14.4 Å². The molecule has 1 atom stereocenters. The summed E-state index contributed by atoms with van der Waals surface area (Å²) in [4.78, 5) is 13.1. The van der Waals surface area contributed by atoms with Crippen LogP contribution in [0.5, 0.6) is 0 Å². The van der Waals surface area contributed by atoms with Crippen LogP contribution in [0.4, 0.5) is 0 Å². The van der Waals surface area contributed by atoms with Crippen molar-refractivity contribution in [3.63, 3.8) is 0 Å². The van der Waals surface area contributed by atoms with Gasteiger partial charge in [0.1, 0.15) is 0 Å². The summed E-state index contributed by atoms with van der Waals surface area (Å²) in [6, 6.07) is 0. The van der Waals surface area contributed by atoms with Gasteiger partial charge in [-0.3, -0.25) is 4.79 Å². The van der Waals surface area contributed by atoms with E-state index < -0.39 is 0 Å². The number of hydrogen-bond donors (Lipinski definition) is 1. The first-order chi connectivity index (χ1) is 8.45. The lowest BCUT2D eigenvalue weighted by molar-refractivity contribution is -0.129. The molecule has 0 aliphatic heterocycles. The molecule has 1 amide bonds. The van der Waals surface area contributed by atoms with E-state index in [0.29, 0.717) is 32.3 Å². The van der Waals surface area contributed by atoms with Crippen LogP contribution in [0.2, 0.25) is 0 Å². The second-order valence-corrected chi connectivity index (χ2v) is 5.62. The first-order valence-electron chi connectivity index (χ1n) is 6.53. The van der Waals surface area contributed by atoms with Crippen LogP contribution in [0, 0.1) is 5.92 Å². The second kappa shape index (κ2) is 10.6. The molecule has 0 aromatic carbocycles. The molecular formula is C13H27NO3S. The molecule has 0 saturated heterocycles. The van der Waals surface area contributed by atoms with Gasteiger partial charge in [0.25, 0.3) is 0 Å². The van der Waals surface area contributed by atoms with E-state index in [2.05, 4.69) is 26.5 Å². The summed E-state index contributed by atoms with van der Waals surface area (Å²) in [6.45, 7) is 9.24. The molecule has 0 N–H and O–H groups in total. The Labute approximate surface area is 116 Å². The Morgan fingerprint density at radius 2 is 1.67 bits per heavy atom. The molecule has 0 fully saturated rings. The highest BCUT2D eigenvalue weighted by atomic mass is 32.1. The van der Waals surface area contributed by atoms with Crippen molar-refractivity contribution < 1.29 is 14.3 Å². The number of likely N-dealkylation sites (N-methyl/N-ethyl adjacent to an activating group) is 1. The van der Waals surface area contributed by atoms with Crippen LogP contribution in [0.1, 0.15) is 27.2 Å². The van der Waals surface area contributed by atoms with Crippen LogP contribution in [-0.4, -0.2) is 56.1 Å². The fourth-order valence-corrected chi connectivity index (χ4v) is 1.47. The molecule has 0 bridgehead atoms. The van der Waals surface area contributed by atoms with Crippen molar-refractivity contribution in [3.8, 4) is 0 Å². The molecule has 0 saturated carbocycles. The number of ether oxygens (including phenoxy) is 2. The van der Waals surface area contributed by atoms with Crippen molar-refractivity contribution in [1.82, 2.24) is 4.90 Å². The molecule has 18 heavy (non-hydrogen) atoms. The maximum Gasteiger partial charge on any atom is 0.234 e. The quantitative estimate of drug-likeness (QED) is 0.489. The van der Waals surface area contributed by atoms with E-state index >= 15 is 0 Å². The molecule has 1 unspecified atom stereocenters. The van der Waals surface area contributed by atoms with Gasteiger partial charge in [0.2, 0.25) is 5.91 Å². The third-order valence-electron chi connectivity index (χ3n) is 2.52. The van der Waals surface area contributed by atoms with Gasteiger partial charge in [0, 0.05) is 20.2 Å². The predicted octanol–water partition coefficient (Wildman–Crippen LogP) is 1.84. The zero-order chi connectivity index (χ0) is 14.0. The Balaban J connectivity index is 3.33. The van der Waals surface area contributed by atoms with E-state index in [1.54, 1.807) is 18.9 Å². The van der Waals surface area contributed by atoms with Gasteiger partial charge in [-0.1, -0.05) is 13.8 Å². The maximum absolute atomic E-state index is 11.5. The molecule has 0 aliphatic carbocycles. The van der Waals surface area contributed by atoms with Crippen LogP contribution < -0.4 is 0 Å². The molecule has 0 aromatic rings. The van der Waals surface area contributed by atoms with Gasteiger partial charge in [-0.05, 0) is 19.3 Å². The van der Waals surface area contributed by atoms with Crippen molar-refractivity contribution in [3.05, 3.63) is 0 Å². The van der Waals surface area contributed by atoms with Crippen molar-refractivity contribution in [2.75, 3.05) is 40.0 Å². The molecule has 0 heterocycles. The van der Waals surface area contributed by atoms with Crippen LogP contribution in [0.3, 0.4) is 0 Å². The van der Waals surface area contributed by atoms with Crippen molar-refractivity contribution in [2.45, 2.75) is 32.4 Å². The molecule has 0 radical (unpaired) electrons. The van der Waals surface area contributed by atoms with E-state index in [1.165, 1.54) is 0 Å². The summed E-state index contributed by atoms with van der Waals surface area (Å²) in [5.74, 6) is 0.698. The molecule has 0 rings (SSSR count). The summed E-state index contributed by atoms with van der Waals surface area (Å²) in [5.41, 5.74) is 0. The lowest BCUT2D eigenvalue weighted by atomic mass is 10.1. The number of carbonyl (C=O) groups excluding carboxylic acids is 1. The van der Waals surface area contributed by atoms with Crippen LogP contribution in [0.25, 0.3) is 0 Å². The van der Waals surface area contributed by atoms with E-state index in [0.717, 1.165) is 13.0 Å². The third-order valence-corrected chi connectivity index (χ3v) is 2.74. The first-order valence-corrected chi connectivity index (χ1v) is 7.05. The normalized spacial score (nSPS) is 12.8. The van der Waals surface area contributed by atoms with Gasteiger partial charge >= 0.3 is 0 Å². The van der Waals surface area contributed by atoms with E-state index in [1.807, 2.05) is 0 Å². The van der Waals surface area contributed by atoms with E-state index in [9.17, 15) is 4.79 Å². The minimum Gasteiger partial charge on any atom is -0.379 e. The standard InChI is InChI=1S/C13H27NO3S/c1-11(2)5-7-16-9-10-17-8-6-14(4)13(15)12(3)18/h11-12,18H,5-10H2,1-4H3. The molecule has 4 nitrogen and oxygen atoms in total. The summed E-state index contributed by atoms with van der Waals surface area (Å²) in [5, 5.41) is -0.255. The fraction of sp³-hybridized carbons (Fsp3) is 0.923. The van der Waals surface area contributed by atoms with Crippen molar-refractivity contribution in [1.29, 1.82) is 0 Å². The van der Waals surface area contributed by atoms with Gasteiger partial charge in [0.15, 0.2) is 0 Å². The highest BCUT2D eigenvalue weighted by Crippen LogP contribution is 1.99. The van der Waals surface area contributed by atoms with Crippen molar-refractivity contribution >= 4 is 18.5 Å². The summed E-state index contributed by atoms with van der Waals surface area (Å²) in [7, 11) is 1.76. The maximum atomic E-state index is 11.5. The van der Waals surface area contributed by atoms with Gasteiger partial charge in [-0.15, -0.1) is 0 Å². The SMILES string of the molecule is CC(C)CCOCCOCCN(C)C(=O)C(C)S.